The van der Waals surface area contributed by atoms with Crippen LogP contribution in [0.25, 0.3) is 0 Å². The third-order valence-electron chi connectivity index (χ3n) is 3.82. The zero-order chi connectivity index (χ0) is 13.6. The van der Waals surface area contributed by atoms with E-state index in [1.54, 1.807) is 0 Å². The maximum Gasteiger partial charge on any atom is 0.0214 e. The minimum absolute atomic E-state index is 0.408. The Morgan fingerprint density at radius 1 is 0.882 bits per heavy atom. The highest BCUT2D eigenvalue weighted by atomic mass is 15.2. The highest BCUT2D eigenvalue weighted by Gasteiger charge is 2.37. The normalized spacial score (nSPS) is 16.2. The molecule has 0 saturated heterocycles. The second-order valence-electron chi connectivity index (χ2n) is 6.52. The van der Waals surface area contributed by atoms with Crippen molar-refractivity contribution in [2.45, 2.75) is 98.7 Å². The molecule has 0 aliphatic carbocycles. The summed E-state index contributed by atoms with van der Waals surface area (Å²) in [6.45, 7) is 18.8. The maximum atomic E-state index is 2.76. The zero-order valence-corrected chi connectivity index (χ0v) is 13.5. The summed E-state index contributed by atoms with van der Waals surface area (Å²) in [6.07, 6.45) is 5.22. The lowest BCUT2D eigenvalue weighted by Crippen LogP contribution is -2.55. The zero-order valence-electron chi connectivity index (χ0n) is 13.5. The SMILES string of the molecule is CCCC(CC)(CC(C)C)N(C(C)C)C(C)C. The van der Waals surface area contributed by atoms with Gasteiger partial charge in [0.15, 0.2) is 0 Å². The van der Waals surface area contributed by atoms with Gasteiger partial charge in [-0.2, -0.15) is 0 Å². The first-order valence-corrected chi connectivity index (χ1v) is 7.59. The first-order chi connectivity index (χ1) is 7.80. The van der Waals surface area contributed by atoms with Gasteiger partial charge < -0.3 is 0 Å². The standard InChI is InChI=1S/C16H35N/c1-9-11-16(10-2,12-13(3)4)17(14(5)6)15(7)8/h13-15H,9-12H2,1-8H3. The average molecular weight is 241 g/mol. The Labute approximate surface area is 110 Å². The van der Waals surface area contributed by atoms with Gasteiger partial charge in [0.25, 0.3) is 0 Å². The van der Waals surface area contributed by atoms with Gasteiger partial charge in [0.2, 0.25) is 0 Å². The Kier molecular flexibility index (Phi) is 7.39. The monoisotopic (exact) mass is 241 g/mol. The molecule has 17 heavy (non-hydrogen) atoms. The third kappa shape index (κ3) is 4.62. The van der Waals surface area contributed by atoms with Gasteiger partial charge in [-0.05, 0) is 52.9 Å². The fraction of sp³-hybridized carbons (Fsp3) is 1.00. The van der Waals surface area contributed by atoms with Crippen molar-refractivity contribution in [2.75, 3.05) is 0 Å². The molecule has 0 aliphatic rings. The molecule has 0 aromatic rings. The highest BCUT2D eigenvalue weighted by Crippen LogP contribution is 2.35. The lowest BCUT2D eigenvalue weighted by atomic mass is 9.79. The van der Waals surface area contributed by atoms with Crippen LogP contribution < -0.4 is 0 Å². The Morgan fingerprint density at radius 2 is 1.35 bits per heavy atom. The van der Waals surface area contributed by atoms with Crippen LogP contribution in [0.5, 0.6) is 0 Å². The molecule has 0 bridgehead atoms. The molecule has 104 valence electrons. The minimum atomic E-state index is 0.408. The van der Waals surface area contributed by atoms with Crippen molar-refractivity contribution in [3.8, 4) is 0 Å². The summed E-state index contributed by atoms with van der Waals surface area (Å²) >= 11 is 0. The molecule has 1 nitrogen and oxygen atoms in total. The second kappa shape index (κ2) is 7.41. The lowest BCUT2D eigenvalue weighted by molar-refractivity contribution is -0.000660. The molecule has 0 fully saturated rings. The molecule has 0 radical (unpaired) electrons. The van der Waals surface area contributed by atoms with Crippen LogP contribution in [0.15, 0.2) is 0 Å². The van der Waals surface area contributed by atoms with Crippen LogP contribution in [-0.4, -0.2) is 22.5 Å². The summed E-state index contributed by atoms with van der Waals surface area (Å²) in [5.41, 5.74) is 0.408. The Morgan fingerprint density at radius 3 is 1.59 bits per heavy atom. The van der Waals surface area contributed by atoms with Crippen molar-refractivity contribution in [2.24, 2.45) is 5.92 Å². The van der Waals surface area contributed by atoms with Crippen LogP contribution in [0.1, 0.15) is 81.1 Å². The van der Waals surface area contributed by atoms with Crippen molar-refractivity contribution in [1.82, 2.24) is 4.90 Å². The summed E-state index contributed by atoms with van der Waals surface area (Å²) in [4.78, 5) is 2.76. The van der Waals surface area contributed by atoms with Crippen molar-refractivity contribution in [1.29, 1.82) is 0 Å². The van der Waals surface area contributed by atoms with Gasteiger partial charge in [-0.25, -0.2) is 0 Å². The van der Waals surface area contributed by atoms with Gasteiger partial charge in [0.1, 0.15) is 0 Å². The fourth-order valence-corrected chi connectivity index (χ4v) is 3.76. The predicted octanol–water partition coefficient (Wildman–Crippen LogP) is 5.10. The molecule has 0 rings (SSSR count). The van der Waals surface area contributed by atoms with E-state index in [9.17, 15) is 0 Å². The number of nitrogens with zero attached hydrogens (tertiary/aromatic N) is 1. The average Bonchev–Trinajstić information content (AvgIpc) is 2.15. The Hall–Kier alpha value is -0.0400. The van der Waals surface area contributed by atoms with E-state index in [4.69, 9.17) is 0 Å². The smallest absolute Gasteiger partial charge is 0.0214 e. The lowest BCUT2D eigenvalue weighted by Gasteiger charge is -2.50. The topological polar surface area (TPSA) is 3.24 Å². The van der Waals surface area contributed by atoms with Crippen molar-refractivity contribution in [3.63, 3.8) is 0 Å². The van der Waals surface area contributed by atoms with Gasteiger partial charge in [-0.3, -0.25) is 4.90 Å². The summed E-state index contributed by atoms with van der Waals surface area (Å²) in [5.74, 6) is 0.779. The number of hydrogen-bond donors (Lipinski definition) is 0. The van der Waals surface area contributed by atoms with Crippen LogP contribution in [0.3, 0.4) is 0 Å². The molecule has 1 heteroatoms. The molecule has 0 amide bonds. The maximum absolute atomic E-state index is 2.76. The van der Waals surface area contributed by atoms with E-state index in [-0.39, 0.29) is 0 Å². The van der Waals surface area contributed by atoms with Crippen LogP contribution in [0.4, 0.5) is 0 Å². The molecule has 0 aromatic carbocycles. The van der Waals surface area contributed by atoms with Crippen molar-refractivity contribution < 1.29 is 0 Å². The minimum Gasteiger partial charge on any atom is -0.293 e. The van der Waals surface area contributed by atoms with Gasteiger partial charge >= 0.3 is 0 Å². The quantitative estimate of drug-likeness (QED) is 0.571. The van der Waals surface area contributed by atoms with Gasteiger partial charge in [0, 0.05) is 17.6 Å². The molecule has 0 aromatic heterocycles. The molecule has 1 atom stereocenters. The summed E-state index contributed by atoms with van der Waals surface area (Å²) in [7, 11) is 0. The van der Waals surface area contributed by atoms with E-state index in [1.165, 1.54) is 25.7 Å². The van der Waals surface area contributed by atoms with Gasteiger partial charge in [-0.1, -0.05) is 34.1 Å². The van der Waals surface area contributed by atoms with Crippen LogP contribution >= 0.6 is 0 Å². The first-order valence-electron chi connectivity index (χ1n) is 7.59. The molecular weight excluding hydrogens is 206 g/mol. The van der Waals surface area contributed by atoms with Crippen molar-refractivity contribution in [3.05, 3.63) is 0 Å². The van der Waals surface area contributed by atoms with Gasteiger partial charge in [0.05, 0.1) is 0 Å². The molecule has 0 heterocycles. The van der Waals surface area contributed by atoms with E-state index in [2.05, 4.69) is 60.3 Å². The predicted molar refractivity (Wildman–Crippen MR) is 79.5 cm³/mol. The number of rotatable bonds is 8. The summed E-state index contributed by atoms with van der Waals surface area (Å²) < 4.78 is 0. The molecular formula is C16H35N. The molecule has 0 aliphatic heterocycles. The van der Waals surface area contributed by atoms with Crippen LogP contribution in [0, 0.1) is 5.92 Å². The molecule has 0 N–H and O–H groups in total. The van der Waals surface area contributed by atoms with Crippen LogP contribution in [-0.2, 0) is 0 Å². The summed E-state index contributed by atoms with van der Waals surface area (Å²) in [6, 6.07) is 1.28. The van der Waals surface area contributed by atoms with E-state index in [0.29, 0.717) is 17.6 Å². The Bertz CT molecular complexity index is 188. The number of hydrogen-bond acceptors (Lipinski definition) is 1. The Balaban J connectivity index is 5.20. The molecule has 1 unspecified atom stereocenters. The van der Waals surface area contributed by atoms with Gasteiger partial charge in [-0.15, -0.1) is 0 Å². The highest BCUT2D eigenvalue weighted by molar-refractivity contribution is 4.93. The van der Waals surface area contributed by atoms with E-state index < -0.39 is 0 Å². The van der Waals surface area contributed by atoms with Crippen molar-refractivity contribution >= 4 is 0 Å². The summed E-state index contributed by atoms with van der Waals surface area (Å²) in [5, 5.41) is 0. The molecule has 0 saturated carbocycles. The van der Waals surface area contributed by atoms with E-state index in [0.717, 1.165) is 5.92 Å². The van der Waals surface area contributed by atoms with E-state index >= 15 is 0 Å². The fourth-order valence-electron chi connectivity index (χ4n) is 3.76. The van der Waals surface area contributed by atoms with Crippen LogP contribution in [0.2, 0.25) is 0 Å². The molecule has 0 spiro atoms. The van der Waals surface area contributed by atoms with E-state index in [1.807, 2.05) is 0 Å². The first kappa shape index (κ1) is 17.0. The third-order valence-corrected chi connectivity index (χ3v) is 3.82. The second-order valence-corrected chi connectivity index (χ2v) is 6.52. The largest absolute Gasteiger partial charge is 0.293 e.